The van der Waals surface area contributed by atoms with Crippen LogP contribution in [0.2, 0.25) is 0 Å². The van der Waals surface area contributed by atoms with Crippen LogP contribution in [0, 0.1) is 5.92 Å². The fourth-order valence-corrected chi connectivity index (χ4v) is 3.85. The summed E-state index contributed by atoms with van der Waals surface area (Å²) in [5, 5.41) is 0. The number of para-hydroxylation sites is 1. The molecule has 1 aromatic heterocycles. The van der Waals surface area contributed by atoms with Gasteiger partial charge in [-0.05, 0) is 49.4 Å². The molecule has 2 aliphatic rings. The molecule has 0 N–H and O–H groups in total. The van der Waals surface area contributed by atoms with Crippen molar-refractivity contribution in [2.24, 2.45) is 5.92 Å². The number of aromatic nitrogens is 1. The van der Waals surface area contributed by atoms with E-state index in [-0.39, 0.29) is 17.7 Å². The van der Waals surface area contributed by atoms with Gasteiger partial charge in [-0.15, -0.1) is 0 Å². The van der Waals surface area contributed by atoms with Crippen LogP contribution < -0.4 is 4.90 Å². The van der Waals surface area contributed by atoms with E-state index in [1.807, 2.05) is 52.3 Å². The van der Waals surface area contributed by atoms with Crippen molar-refractivity contribution in [3.63, 3.8) is 0 Å². The average molecular weight is 349 g/mol. The average Bonchev–Trinajstić information content (AvgIpc) is 3.32. The highest BCUT2D eigenvalue weighted by molar-refractivity contribution is 5.95. The molecule has 2 saturated heterocycles. The highest BCUT2D eigenvalue weighted by Crippen LogP contribution is 2.26. The SMILES string of the molecule is O=C(c1ccc(C[C@@H]2CC(=O)N(c3ccccc3)C2)nc1)N1CCCC1. The summed E-state index contributed by atoms with van der Waals surface area (Å²) < 4.78 is 0. The van der Waals surface area contributed by atoms with Crippen molar-refractivity contribution in [1.82, 2.24) is 9.88 Å². The van der Waals surface area contributed by atoms with Crippen molar-refractivity contribution in [1.29, 1.82) is 0 Å². The number of amides is 2. The van der Waals surface area contributed by atoms with Crippen LogP contribution in [0.15, 0.2) is 48.7 Å². The Morgan fingerprint density at radius 1 is 1.08 bits per heavy atom. The molecular weight excluding hydrogens is 326 g/mol. The lowest BCUT2D eigenvalue weighted by Gasteiger charge is -2.17. The Bertz CT molecular complexity index is 783. The smallest absolute Gasteiger partial charge is 0.255 e. The Hall–Kier alpha value is -2.69. The van der Waals surface area contributed by atoms with Gasteiger partial charge in [0.05, 0.1) is 5.56 Å². The lowest BCUT2D eigenvalue weighted by atomic mass is 10.0. The minimum absolute atomic E-state index is 0.0767. The van der Waals surface area contributed by atoms with E-state index in [0.29, 0.717) is 12.0 Å². The van der Waals surface area contributed by atoms with Crippen molar-refractivity contribution in [3.05, 3.63) is 59.9 Å². The fourth-order valence-electron chi connectivity index (χ4n) is 3.85. The van der Waals surface area contributed by atoms with Crippen LogP contribution in [0.1, 0.15) is 35.3 Å². The van der Waals surface area contributed by atoms with Gasteiger partial charge in [-0.3, -0.25) is 14.6 Å². The molecule has 0 aliphatic carbocycles. The van der Waals surface area contributed by atoms with Gasteiger partial charge in [-0.1, -0.05) is 18.2 Å². The molecule has 2 aromatic rings. The summed E-state index contributed by atoms with van der Waals surface area (Å²) in [6.45, 7) is 2.42. The highest BCUT2D eigenvalue weighted by Gasteiger charge is 2.30. The largest absolute Gasteiger partial charge is 0.339 e. The quantitative estimate of drug-likeness (QED) is 0.853. The van der Waals surface area contributed by atoms with Crippen molar-refractivity contribution < 1.29 is 9.59 Å². The second-order valence-corrected chi connectivity index (χ2v) is 7.15. The summed E-state index contributed by atoms with van der Waals surface area (Å²) in [6.07, 6.45) is 5.16. The van der Waals surface area contributed by atoms with Gasteiger partial charge in [0.2, 0.25) is 5.91 Å². The molecule has 1 atom stereocenters. The van der Waals surface area contributed by atoms with Crippen LogP contribution in [-0.2, 0) is 11.2 Å². The monoisotopic (exact) mass is 349 g/mol. The molecule has 2 amide bonds. The third-order valence-electron chi connectivity index (χ3n) is 5.24. The first kappa shape index (κ1) is 16.8. The third kappa shape index (κ3) is 3.47. The minimum Gasteiger partial charge on any atom is -0.339 e. The van der Waals surface area contributed by atoms with Gasteiger partial charge in [0, 0.05) is 43.6 Å². The second-order valence-electron chi connectivity index (χ2n) is 7.15. The van der Waals surface area contributed by atoms with Crippen molar-refractivity contribution >= 4 is 17.5 Å². The highest BCUT2D eigenvalue weighted by atomic mass is 16.2. The Morgan fingerprint density at radius 3 is 2.54 bits per heavy atom. The molecule has 5 heteroatoms. The van der Waals surface area contributed by atoms with Gasteiger partial charge < -0.3 is 9.80 Å². The predicted molar refractivity (Wildman–Crippen MR) is 100.0 cm³/mol. The van der Waals surface area contributed by atoms with E-state index in [2.05, 4.69) is 4.98 Å². The standard InChI is InChI=1S/C21H23N3O2/c25-20-13-16(15-24(20)19-6-2-1-3-7-19)12-18-9-8-17(14-22-18)21(26)23-10-4-5-11-23/h1-3,6-9,14,16H,4-5,10-13,15H2/t16-/m1/s1. The van der Waals surface area contributed by atoms with Crippen LogP contribution in [0.3, 0.4) is 0 Å². The normalized spacial score (nSPS) is 20.0. The van der Waals surface area contributed by atoms with Gasteiger partial charge in [-0.25, -0.2) is 0 Å². The lowest BCUT2D eigenvalue weighted by molar-refractivity contribution is -0.117. The number of benzene rings is 1. The summed E-state index contributed by atoms with van der Waals surface area (Å²) in [5.41, 5.74) is 2.55. The van der Waals surface area contributed by atoms with E-state index >= 15 is 0 Å². The molecule has 1 aromatic carbocycles. The van der Waals surface area contributed by atoms with Gasteiger partial charge in [0.25, 0.3) is 5.91 Å². The van der Waals surface area contributed by atoms with E-state index in [1.54, 1.807) is 6.20 Å². The zero-order valence-corrected chi connectivity index (χ0v) is 14.8. The van der Waals surface area contributed by atoms with Crippen LogP contribution in [-0.4, -0.2) is 41.3 Å². The fraction of sp³-hybridized carbons (Fsp3) is 0.381. The van der Waals surface area contributed by atoms with Crippen LogP contribution >= 0.6 is 0 Å². The zero-order chi connectivity index (χ0) is 17.9. The number of hydrogen-bond donors (Lipinski definition) is 0. The van der Waals surface area contributed by atoms with Crippen molar-refractivity contribution in [2.45, 2.75) is 25.7 Å². The van der Waals surface area contributed by atoms with E-state index in [0.717, 1.165) is 50.3 Å². The lowest BCUT2D eigenvalue weighted by Crippen LogP contribution is -2.27. The summed E-state index contributed by atoms with van der Waals surface area (Å²) >= 11 is 0. The first-order valence-electron chi connectivity index (χ1n) is 9.30. The Morgan fingerprint density at radius 2 is 1.85 bits per heavy atom. The third-order valence-corrected chi connectivity index (χ3v) is 5.24. The summed E-state index contributed by atoms with van der Waals surface area (Å²) in [7, 11) is 0. The van der Waals surface area contributed by atoms with Crippen LogP contribution in [0.4, 0.5) is 5.69 Å². The van der Waals surface area contributed by atoms with Gasteiger partial charge in [0.1, 0.15) is 0 Å². The number of nitrogens with zero attached hydrogens (tertiary/aromatic N) is 3. The maximum atomic E-state index is 12.4. The zero-order valence-electron chi connectivity index (χ0n) is 14.8. The van der Waals surface area contributed by atoms with E-state index < -0.39 is 0 Å². The Labute approximate surface area is 153 Å². The van der Waals surface area contributed by atoms with E-state index in [4.69, 9.17) is 0 Å². The molecular formula is C21H23N3O2. The number of anilines is 1. The number of likely N-dealkylation sites (tertiary alicyclic amines) is 1. The first-order chi connectivity index (χ1) is 12.7. The molecule has 0 saturated carbocycles. The van der Waals surface area contributed by atoms with Crippen LogP contribution in [0.5, 0.6) is 0 Å². The molecule has 0 unspecified atom stereocenters. The molecule has 3 heterocycles. The minimum atomic E-state index is 0.0767. The maximum Gasteiger partial charge on any atom is 0.255 e. The van der Waals surface area contributed by atoms with Gasteiger partial charge >= 0.3 is 0 Å². The topological polar surface area (TPSA) is 53.5 Å². The number of pyridine rings is 1. The molecule has 5 nitrogen and oxygen atoms in total. The maximum absolute atomic E-state index is 12.4. The van der Waals surface area contributed by atoms with Crippen molar-refractivity contribution in [2.75, 3.05) is 24.5 Å². The molecule has 26 heavy (non-hydrogen) atoms. The number of rotatable bonds is 4. The Kier molecular flexibility index (Phi) is 4.69. The molecule has 134 valence electrons. The van der Waals surface area contributed by atoms with E-state index in [1.165, 1.54) is 0 Å². The second kappa shape index (κ2) is 7.28. The molecule has 0 spiro atoms. The van der Waals surface area contributed by atoms with Crippen molar-refractivity contribution in [3.8, 4) is 0 Å². The predicted octanol–water partition coefficient (Wildman–Crippen LogP) is 2.91. The number of hydrogen-bond acceptors (Lipinski definition) is 3. The summed E-state index contributed by atoms with van der Waals surface area (Å²) in [6, 6.07) is 13.6. The summed E-state index contributed by atoms with van der Waals surface area (Å²) in [4.78, 5) is 32.9. The van der Waals surface area contributed by atoms with Crippen LogP contribution in [0.25, 0.3) is 0 Å². The number of carbonyl (C=O) groups is 2. The molecule has 2 fully saturated rings. The Balaban J connectivity index is 1.39. The van der Waals surface area contributed by atoms with Gasteiger partial charge in [0.15, 0.2) is 0 Å². The van der Waals surface area contributed by atoms with E-state index in [9.17, 15) is 9.59 Å². The molecule has 4 rings (SSSR count). The molecule has 0 radical (unpaired) electrons. The summed E-state index contributed by atoms with van der Waals surface area (Å²) in [5.74, 6) is 0.505. The molecule has 2 aliphatic heterocycles. The number of carbonyl (C=O) groups excluding carboxylic acids is 2. The van der Waals surface area contributed by atoms with Gasteiger partial charge in [-0.2, -0.15) is 0 Å². The first-order valence-corrected chi connectivity index (χ1v) is 9.30. The molecule has 0 bridgehead atoms.